The van der Waals surface area contributed by atoms with Crippen molar-refractivity contribution in [2.75, 3.05) is 18.1 Å². The van der Waals surface area contributed by atoms with Crippen LogP contribution in [0.1, 0.15) is 72.5 Å². The van der Waals surface area contributed by atoms with Gasteiger partial charge in [-0.05, 0) is 67.9 Å². The van der Waals surface area contributed by atoms with Crippen LogP contribution in [0.4, 0.5) is 0 Å². The minimum absolute atomic E-state index is 0.314. The van der Waals surface area contributed by atoms with Gasteiger partial charge in [0.1, 0.15) is 0 Å². The lowest BCUT2D eigenvalue weighted by Gasteiger charge is -2.44. The Hall–Kier alpha value is -0.480. The van der Waals surface area contributed by atoms with E-state index in [2.05, 4.69) is 28.1 Å². The smallest absolute Gasteiger partial charge is 0.254 e. The predicted molar refractivity (Wildman–Crippen MR) is 99.6 cm³/mol. The summed E-state index contributed by atoms with van der Waals surface area (Å²) in [4.78, 5) is 16.8. The lowest BCUT2D eigenvalue weighted by atomic mass is 9.78. The fraction of sp³-hybridized carbons (Fsp3) is 0.737. The molecule has 1 aromatic heterocycles. The summed E-state index contributed by atoms with van der Waals surface area (Å²) in [5.41, 5.74) is 0.967. The fourth-order valence-corrected chi connectivity index (χ4v) is 6.87. The van der Waals surface area contributed by atoms with Gasteiger partial charge in [0.05, 0.1) is 5.56 Å². The Bertz CT molecular complexity index is 547. The lowest BCUT2D eigenvalue weighted by molar-refractivity contribution is 0.0391. The van der Waals surface area contributed by atoms with Gasteiger partial charge in [0.15, 0.2) is 0 Å². The van der Waals surface area contributed by atoms with Crippen LogP contribution in [-0.4, -0.2) is 34.9 Å². The summed E-state index contributed by atoms with van der Waals surface area (Å²) in [5.74, 6) is 4.35. The molecule has 0 spiro atoms. The Morgan fingerprint density at radius 1 is 1.04 bits per heavy atom. The van der Waals surface area contributed by atoms with Gasteiger partial charge in [-0.25, -0.2) is 0 Å². The van der Waals surface area contributed by atoms with Crippen molar-refractivity contribution in [3.8, 4) is 0 Å². The molecule has 23 heavy (non-hydrogen) atoms. The highest BCUT2D eigenvalue weighted by Crippen LogP contribution is 2.38. The molecule has 1 amide bonds. The Balaban J connectivity index is 1.48. The number of carbonyl (C=O) groups excluding carboxylic acids is 1. The van der Waals surface area contributed by atoms with Gasteiger partial charge in [0.2, 0.25) is 0 Å². The van der Waals surface area contributed by atoms with E-state index < -0.39 is 0 Å². The van der Waals surface area contributed by atoms with E-state index in [9.17, 15) is 4.79 Å². The van der Waals surface area contributed by atoms with Crippen LogP contribution in [0.2, 0.25) is 0 Å². The van der Waals surface area contributed by atoms with E-state index in [1.807, 2.05) is 11.3 Å². The number of amides is 1. The third-order valence-corrected chi connectivity index (χ3v) is 8.14. The third kappa shape index (κ3) is 3.34. The summed E-state index contributed by atoms with van der Waals surface area (Å²) < 4.78 is 0. The first kappa shape index (κ1) is 16.0. The molecule has 3 fully saturated rings. The summed E-state index contributed by atoms with van der Waals surface area (Å²) in [7, 11) is 0. The van der Waals surface area contributed by atoms with Crippen LogP contribution in [0.25, 0.3) is 0 Å². The molecule has 126 valence electrons. The van der Waals surface area contributed by atoms with Crippen molar-refractivity contribution in [3.05, 3.63) is 21.9 Å². The number of thioether (sulfide) groups is 1. The minimum Gasteiger partial charge on any atom is -0.335 e. The van der Waals surface area contributed by atoms with Gasteiger partial charge in [-0.3, -0.25) is 4.79 Å². The zero-order valence-corrected chi connectivity index (χ0v) is 15.5. The summed E-state index contributed by atoms with van der Waals surface area (Å²) >= 11 is 3.89. The van der Waals surface area contributed by atoms with Crippen LogP contribution in [0, 0.1) is 5.92 Å². The number of thiophene rings is 1. The molecular weight excluding hydrogens is 322 g/mol. The molecule has 3 heterocycles. The van der Waals surface area contributed by atoms with Gasteiger partial charge in [0.25, 0.3) is 5.91 Å². The Morgan fingerprint density at radius 2 is 1.83 bits per heavy atom. The van der Waals surface area contributed by atoms with Crippen molar-refractivity contribution in [1.29, 1.82) is 0 Å². The topological polar surface area (TPSA) is 20.3 Å². The normalized spacial score (nSPS) is 29.3. The molecule has 3 aliphatic rings. The van der Waals surface area contributed by atoms with Gasteiger partial charge in [-0.1, -0.05) is 12.8 Å². The maximum atomic E-state index is 13.1. The standard InChI is InChI=1S/C19H27NOS2/c21-19(20-9-3-5-14-4-1-2-6-17(14)20)16-12-18(23-13-16)15-7-10-22-11-8-15/h12-15,17H,1-11H2/t14-,17-/m1/s1. The fourth-order valence-electron chi connectivity index (χ4n) is 4.70. The van der Waals surface area contributed by atoms with Gasteiger partial charge in [0, 0.05) is 22.8 Å². The van der Waals surface area contributed by atoms with Gasteiger partial charge in [-0.15, -0.1) is 11.3 Å². The van der Waals surface area contributed by atoms with Crippen molar-refractivity contribution in [2.24, 2.45) is 5.92 Å². The van der Waals surface area contributed by atoms with Crippen molar-refractivity contribution < 1.29 is 4.79 Å². The highest BCUT2D eigenvalue weighted by Gasteiger charge is 2.36. The largest absolute Gasteiger partial charge is 0.335 e. The number of rotatable bonds is 2. The van der Waals surface area contributed by atoms with Crippen molar-refractivity contribution in [3.63, 3.8) is 0 Å². The van der Waals surface area contributed by atoms with Crippen molar-refractivity contribution in [2.45, 2.75) is 63.3 Å². The second-order valence-corrected chi connectivity index (χ2v) is 9.54. The highest BCUT2D eigenvalue weighted by atomic mass is 32.2. The molecule has 2 atom stereocenters. The van der Waals surface area contributed by atoms with E-state index in [0.29, 0.717) is 17.9 Å². The second-order valence-electron chi connectivity index (χ2n) is 7.38. The van der Waals surface area contributed by atoms with Crippen LogP contribution in [-0.2, 0) is 0 Å². The maximum absolute atomic E-state index is 13.1. The van der Waals surface area contributed by atoms with Gasteiger partial charge >= 0.3 is 0 Å². The van der Waals surface area contributed by atoms with Crippen molar-refractivity contribution >= 4 is 29.0 Å². The molecule has 2 nitrogen and oxygen atoms in total. The Kier molecular flexibility index (Phi) is 5.00. The molecule has 0 bridgehead atoms. The SMILES string of the molecule is O=C(c1csc(C2CCSCC2)c1)N1CCC[C@H]2CCCC[C@H]21. The van der Waals surface area contributed by atoms with Crippen molar-refractivity contribution in [1.82, 2.24) is 4.90 Å². The van der Waals surface area contributed by atoms with E-state index in [1.165, 1.54) is 67.7 Å². The molecule has 0 unspecified atom stereocenters. The maximum Gasteiger partial charge on any atom is 0.254 e. The summed E-state index contributed by atoms with van der Waals surface area (Å²) in [6, 6.07) is 2.75. The van der Waals surface area contributed by atoms with Crippen LogP contribution in [0.15, 0.2) is 11.4 Å². The number of hydrogen-bond acceptors (Lipinski definition) is 3. The number of fused-ring (bicyclic) bond motifs is 1. The average Bonchev–Trinajstić information content (AvgIpc) is 3.11. The number of piperidine rings is 1. The molecule has 2 saturated heterocycles. The third-order valence-electron chi connectivity index (χ3n) is 5.99. The molecule has 1 saturated carbocycles. The quantitative estimate of drug-likeness (QED) is 0.735. The van der Waals surface area contributed by atoms with Crippen LogP contribution >= 0.6 is 23.1 Å². The van der Waals surface area contributed by atoms with E-state index in [1.54, 1.807) is 0 Å². The van der Waals surface area contributed by atoms with Gasteiger partial charge < -0.3 is 4.90 Å². The summed E-state index contributed by atoms with van der Waals surface area (Å²) in [6.07, 6.45) is 10.3. The molecule has 4 rings (SSSR count). The average molecular weight is 350 g/mol. The second kappa shape index (κ2) is 7.18. The zero-order chi connectivity index (χ0) is 15.6. The molecule has 0 radical (unpaired) electrons. The molecule has 1 aromatic rings. The minimum atomic E-state index is 0.314. The highest BCUT2D eigenvalue weighted by molar-refractivity contribution is 7.99. The Labute approximate surface area is 148 Å². The van der Waals surface area contributed by atoms with E-state index >= 15 is 0 Å². The lowest BCUT2D eigenvalue weighted by Crippen LogP contribution is -2.49. The van der Waals surface area contributed by atoms with Crippen LogP contribution in [0.3, 0.4) is 0 Å². The van der Waals surface area contributed by atoms with E-state index in [-0.39, 0.29) is 0 Å². The monoisotopic (exact) mass is 349 g/mol. The predicted octanol–water partition coefficient (Wildman–Crippen LogP) is 5.15. The Morgan fingerprint density at radius 3 is 2.70 bits per heavy atom. The van der Waals surface area contributed by atoms with E-state index in [0.717, 1.165) is 18.0 Å². The molecule has 1 aliphatic carbocycles. The molecule has 0 aromatic carbocycles. The molecule has 0 N–H and O–H groups in total. The summed E-state index contributed by atoms with van der Waals surface area (Å²) in [5, 5.41) is 2.13. The molecule has 2 aliphatic heterocycles. The number of carbonyl (C=O) groups is 1. The molecule has 4 heteroatoms. The summed E-state index contributed by atoms with van der Waals surface area (Å²) in [6.45, 7) is 0.977. The zero-order valence-electron chi connectivity index (χ0n) is 13.8. The molecular formula is C19H27NOS2. The number of likely N-dealkylation sites (tertiary alicyclic amines) is 1. The number of hydrogen-bond donors (Lipinski definition) is 0. The first-order valence-electron chi connectivity index (χ1n) is 9.30. The first-order chi connectivity index (χ1) is 11.3. The first-order valence-corrected chi connectivity index (χ1v) is 11.3. The van der Waals surface area contributed by atoms with E-state index in [4.69, 9.17) is 0 Å². The van der Waals surface area contributed by atoms with Crippen LogP contribution < -0.4 is 0 Å². The van der Waals surface area contributed by atoms with Gasteiger partial charge in [-0.2, -0.15) is 11.8 Å². The van der Waals surface area contributed by atoms with Crippen LogP contribution in [0.5, 0.6) is 0 Å². The number of nitrogens with zero attached hydrogens (tertiary/aromatic N) is 1.